The summed E-state index contributed by atoms with van der Waals surface area (Å²) in [5, 5.41) is 0. The maximum Gasteiger partial charge on any atom is 0.226 e. The second-order valence-electron chi connectivity index (χ2n) is 6.81. The number of unbranched alkanes of at least 4 members (excludes halogenated alkanes) is 5. The van der Waals surface area contributed by atoms with Crippen LogP contribution < -0.4 is 9.80 Å². The molecule has 1 saturated heterocycles. The molecule has 0 bridgehead atoms. The third-order valence-electron chi connectivity index (χ3n) is 4.75. The summed E-state index contributed by atoms with van der Waals surface area (Å²) in [5.41, 5.74) is 0. The minimum atomic E-state index is 0.875. The first-order valence-corrected chi connectivity index (χ1v) is 9.60. The molecule has 1 aliphatic rings. The van der Waals surface area contributed by atoms with Crippen LogP contribution >= 0.6 is 0 Å². The minimum absolute atomic E-state index is 0.875. The first kappa shape index (κ1) is 18.0. The van der Waals surface area contributed by atoms with Crippen LogP contribution in [0, 0.1) is 0 Å². The van der Waals surface area contributed by atoms with E-state index in [0.717, 1.165) is 31.4 Å². The fraction of sp³-hybridized carbons (Fsp3) is 0.789. The monoisotopic (exact) mass is 318 g/mol. The number of rotatable bonds is 9. The van der Waals surface area contributed by atoms with Gasteiger partial charge in [-0.2, -0.15) is 4.98 Å². The van der Waals surface area contributed by atoms with Crippen LogP contribution in [0.1, 0.15) is 71.1 Å². The van der Waals surface area contributed by atoms with E-state index in [-0.39, 0.29) is 0 Å². The maximum absolute atomic E-state index is 4.81. The van der Waals surface area contributed by atoms with Crippen LogP contribution in [-0.2, 0) is 0 Å². The summed E-state index contributed by atoms with van der Waals surface area (Å²) in [6.45, 7) is 5.59. The Bertz CT molecular complexity index is 427. The van der Waals surface area contributed by atoms with Crippen molar-refractivity contribution in [1.29, 1.82) is 0 Å². The fourth-order valence-corrected chi connectivity index (χ4v) is 3.23. The summed E-state index contributed by atoms with van der Waals surface area (Å²) in [7, 11) is 2.12. The minimum Gasteiger partial charge on any atom is -0.356 e. The van der Waals surface area contributed by atoms with Crippen molar-refractivity contribution >= 4 is 11.8 Å². The average molecular weight is 319 g/mol. The van der Waals surface area contributed by atoms with Crippen LogP contribution in [0.15, 0.2) is 12.3 Å². The molecule has 0 aromatic carbocycles. The molecule has 2 rings (SSSR count). The quantitative estimate of drug-likeness (QED) is 0.620. The molecule has 1 fully saturated rings. The van der Waals surface area contributed by atoms with E-state index in [4.69, 9.17) is 4.98 Å². The smallest absolute Gasteiger partial charge is 0.226 e. The summed E-state index contributed by atoms with van der Waals surface area (Å²) in [6, 6.07) is 2.06. The van der Waals surface area contributed by atoms with Gasteiger partial charge in [0, 0.05) is 32.9 Å². The van der Waals surface area contributed by atoms with E-state index in [1.54, 1.807) is 0 Å². The summed E-state index contributed by atoms with van der Waals surface area (Å²) in [5.74, 6) is 1.98. The van der Waals surface area contributed by atoms with Crippen LogP contribution in [0.25, 0.3) is 0 Å². The number of hydrogen-bond donors (Lipinski definition) is 0. The predicted octanol–water partition coefficient (Wildman–Crippen LogP) is 4.65. The molecule has 23 heavy (non-hydrogen) atoms. The highest BCUT2D eigenvalue weighted by atomic mass is 15.3. The average Bonchev–Trinajstić information content (AvgIpc) is 2.87. The largest absolute Gasteiger partial charge is 0.356 e. The molecule has 0 radical (unpaired) electrons. The van der Waals surface area contributed by atoms with Crippen molar-refractivity contribution in [3.8, 4) is 0 Å². The molecule has 2 heterocycles. The Balaban J connectivity index is 1.80. The van der Waals surface area contributed by atoms with Crippen LogP contribution in [0.5, 0.6) is 0 Å². The number of nitrogens with zero attached hydrogens (tertiary/aromatic N) is 4. The molecule has 0 saturated carbocycles. The third-order valence-corrected chi connectivity index (χ3v) is 4.75. The molecule has 4 heteroatoms. The maximum atomic E-state index is 4.81. The van der Waals surface area contributed by atoms with Gasteiger partial charge in [-0.25, -0.2) is 4.98 Å². The van der Waals surface area contributed by atoms with Gasteiger partial charge in [0.1, 0.15) is 5.82 Å². The standard InChI is InChI=1S/C19H34N4/c1-3-4-5-6-7-10-15-22(2)19-20-14-13-18(21-19)23-16-11-8-9-12-17-23/h13-14H,3-12,15-17H2,1-2H3. The van der Waals surface area contributed by atoms with Crippen LogP contribution in [-0.4, -0.2) is 36.6 Å². The van der Waals surface area contributed by atoms with Gasteiger partial charge in [-0.05, 0) is 25.3 Å². The van der Waals surface area contributed by atoms with Gasteiger partial charge in [-0.3, -0.25) is 0 Å². The highest BCUT2D eigenvalue weighted by Crippen LogP contribution is 2.19. The molecule has 1 aromatic rings. The van der Waals surface area contributed by atoms with Crippen LogP contribution in [0.4, 0.5) is 11.8 Å². The second-order valence-corrected chi connectivity index (χ2v) is 6.81. The van der Waals surface area contributed by atoms with Gasteiger partial charge in [0.2, 0.25) is 5.95 Å². The van der Waals surface area contributed by atoms with Gasteiger partial charge >= 0.3 is 0 Å². The Labute approximate surface area is 142 Å². The second kappa shape index (κ2) is 10.5. The van der Waals surface area contributed by atoms with E-state index in [2.05, 4.69) is 34.8 Å². The lowest BCUT2D eigenvalue weighted by atomic mass is 10.1. The topological polar surface area (TPSA) is 32.3 Å². The number of hydrogen-bond acceptors (Lipinski definition) is 4. The third kappa shape index (κ3) is 6.36. The molecule has 1 aliphatic heterocycles. The molecule has 130 valence electrons. The van der Waals surface area contributed by atoms with Crippen molar-refractivity contribution in [3.05, 3.63) is 12.3 Å². The predicted molar refractivity (Wildman–Crippen MR) is 99.4 cm³/mol. The Kier molecular flexibility index (Phi) is 8.19. The first-order valence-electron chi connectivity index (χ1n) is 9.60. The Morgan fingerprint density at radius 1 is 1.00 bits per heavy atom. The zero-order valence-corrected chi connectivity index (χ0v) is 15.1. The van der Waals surface area contributed by atoms with Crippen molar-refractivity contribution in [2.24, 2.45) is 0 Å². The van der Waals surface area contributed by atoms with E-state index in [0.29, 0.717) is 0 Å². The van der Waals surface area contributed by atoms with Crippen LogP contribution in [0.3, 0.4) is 0 Å². The summed E-state index contributed by atoms with van der Waals surface area (Å²) in [6.07, 6.45) is 15.2. The molecule has 0 amide bonds. The molecule has 0 N–H and O–H groups in total. The van der Waals surface area contributed by atoms with Gasteiger partial charge in [0.05, 0.1) is 0 Å². The highest BCUT2D eigenvalue weighted by molar-refractivity contribution is 5.43. The van der Waals surface area contributed by atoms with Crippen molar-refractivity contribution < 1.29 is 0 Å². The zero-order valence-electron chi connectivity index (χ0n) is 15.1. The highest BCUT2D eigenvalue weighted by Gasteiger charge is 2.13. The Morgan fingerprint density at radius 3 is 2.43 bits per heavy atom. The fourth-order valence-electron chi connectivity index (χ4n) is 3.23. The first-order chi connectivity index (χ1) is 11.3. The van der Waals surface area contributed by atoms with E-state index in [9.17, 15) is 0 Å². The van der Waals surface area contributed by atoms with E-state index >= 15 is 0 Å². The molecular formula is C19H34N4. The number of anilines is 2. The van der Waals surface area contributed by atoms with Gasteiger partial charge < -0.3 is 9.80 Å². The lowest BCUT2D eigenvalue weighted by molar-refractivity contribution is 0.604. The molecule has 0 aliphatic carbocycles. The summed E-state index contributed by atoms with van der Waals surface area (Å²) < 4.78 is 0. The lowest BCUT2D eigenvalue weighted by Gasteiger charge is -2.23. The Morgan fingerprint density at radius 2 is 1.70 bits per heavy atom. The number of aromatic nitrogens is 2. The lowest BCUT2D eigenvalue weighted by Crippen LogP contribution is -2.27. The Hall–Kier alpha value is -1.32. The van der Waals surface area contributed by atoms with Crippen LogP contribution in [0.2, 0.25) is 0 Å². The van der Waals surface area contributed by atoms with Gasteiger partial charge in [-0.1, -0.05) is 51.9 Å². The van der Waals surface area contributed by atoms with Crippen molar-refractivity contribution in [2.75, 3.05) is 36.5 Å². The normalized spacial score (nSPS) is 15.5. The molecule has 1 aromatic heterocycles. The van der Waals surface area contributed by atoms with Gasteiger partial charge in [0.25, 0.3) is 0 Å². The SMILES string of the molecule is CCCCCCCCN(C)c1nccc(N2CCCCCC2)n1. The molecule has 0 atom stereocenters. The van der Waals surface area contributed by atoms with E-state index < -0.39 is 0 Å². The zero-order chi connectivity index (χ0) is 16.3. The summed E-state index contributed by atoms with van der Waals surface area (Å²) >= 11 is 0. The molecule has 0 spiro atoms. The molecular weight excluding hydrogens is 284 g/mol. The van der Waals surface area contributed by atoms with E-state index in [1.807, 2.05) is 6.20 Å². The van der Waals surface area contributed by atoms with Crippen molar-refractivity contribution in [3.63, 3.8) is 0 Å². The molecule has 0 unspecified atom stereocenters. The van der Waals surface area contributed by atoms with E-state index in [1.165, 1.54) is 64.2 Å². The molecule has 4 nitrogen and oxygen atoms in total. The van der Waals surface area contributed by atoms with Gasteiger partial charge in [0.15, 0.2) is 0 Å². The summed E-state index contributed by atoms with van der Waals surface area (Å²) in [4.78, 5) is 13.9. The van der Waals surface area contributed by atoms with Crippen molar-refractivity contribution in [1.82, 2.24) is 9.97 Å². The van der Waals surface area contributed by atoms with Gasteiger partial charge in [-0.15, -0.1) is 0 Å². The van der Waals surface area contributed by atoms with Crippen molar-refractivity contribution in [2.45, 2.75) is 71.1 Å².